The quantitative estimate of drug-likeness (QED) is 0.597. The number of ether oxygens (including phenoxy) is 1. The van der Waals surface area contributed by atoms with Crippen molar-refractivity contribution in [1.29, 1.82) is 0 Å². The van der Waals surface area contributed by atoms with Crippen LogP contribution in [0.1, 0.15) is 20.3 Å². The summed E-state index contributed by atoms with van der Waals surface area (Å²) in [5.41, 5.74) is 0. The summed E-state index contributed by atoms with van der Waals surface area (Å²) in [6, 6.07) is 6.92. The van der Waals surface area contributed by atoms with E-state index in [4.69, 9.17) is 16.3 Å². The molecule has 0 saturated carbocycles. The summed E-state index contributed by atoms with van der Waals surface area (Å²) in [6.07, 6.45) is -0.0449. The van der Waals surface area contributed by atoms with Crippen LogP contribution in [0.5, 0.6) is 5.75 Å². The summed E-state index contributed by atoms with van der Waals surface area (Å²) in [5, 5.41) is 11.8. The van der Waals surface area contributed by atoms with Gasteiger partial charge in [-0.3, -0.25) is 10.1 Å². The van der Waals surface area contributed by atoms with Crippen molar-refractivity contribution in [3.8, 4) is 5.75 Å². The number of thioether (sulfide) groups is 1. The van der Waals surface area contributed by atoms with E-state index in [0.29, 0.717) is 22.3 Å². The Labute approximate surface area is 142 Å². The first-order chi connectivity index (χ1) is 10.6. The Bertz CT molecular complexity index is 619. The average molecular weight is 358 g/mol. The molecule has 0 bridgehead atoms. The molecule has 1 N–H and O–H groups in total. The van der Waals surface area contributed by atoms with E-state index in [2.05, 4.69) is 15.5 Å². The Morgan fingerprint density at radius 2 is 2.09 bits per heavy atom. The van der Waals surface area contributed by atoms with Crippen molar-refractivity contribution in [3.05, 3.63) is 29.3 Å². The van der Waals surface area contributed by atoms with E-state index in [9.17, 15) is 4.79 Å². The maximum atomic E-state index is 12.3. The average Bonchev–Trinajstić information content (AvgIpc) is 2.94. The molecular formula is C14H16ClN3O2S2. The highest BCUT2D eigenvalue weighted by Crippen LogP contribution is 2.25. The van der Waals surface area contributed by atoms with Gasteiger partial charge in [0.05, 0.1) is 0 Å². The van der Waals surface area contributed by atoms with Crippen LogP contribution >= 0.6 is 34.7 Å². The normalized spacial score (nSPS) is 12.0. The van der Waals surface area contributed by atoms with Crippen molar-refractivity contribution in [3.63, 3.8) is 0 Å². The highest BCUT2D eigenvalue weighted by molar-refractivity contribution is 8.01. The van der Waals surface area contributed by atoms with E-state index in [1.807, 2.05) is 13.8 Å². The van der Waals surface area contributed by atoms with Crippen molar-refractivity contribution in [2.75, 3.05) is 11.1 Å². The van der Waals surface area contributed by atoms with Crippen molar-refractivity contribution in [2.24, 2.45) is 0 Å². The molecule has 0 aliphatic heterocycles. The third-order valence-electron chi connectivity index (χ3n) is 2.66. The zero-order valence-electron chi connectivity index (χ0n) is 12.2. The number of nitrogens with zero attached hydrogens (tertiary/aromatic N) is 2. The largest absolute Gasteiger partial charge is 0.481 e. The predicted octanol–water partition coefficient (Wildman–Crippen LogP) is 4.10. The maximum absolute atomic E-state index is 12.3. The fourth-order valence-corrected chi connectivity index (χ4v) is 3.41. The first-order valence-corrected chi connectivity index (χ1v) is 8.99. The molecule has 1 heterocycles. The van der Waals surface area contributed by atoms with E-state index in [-0.39, 0.29) is 5.91 Å². The van der Waals surface area contributed by atoms with Gasteiger partial charge in [-0.25, -0.2) is 0 Å². The van der Waals surface area contributed by atoms with Gasteiger partial charge < -0.3 is 4.74 Å². The highest BCUT2D eigenvalue weighted by atomic mass is 35.5. The van der Waals surface area contributed by atoms with E-state index in [1.165, 1.54) is 11.3 Å². The summed E-state index contributed by atoms with van der Waals surface area (Å²) < 4.78 is 6.52. The third-order valence-corrected chi connectivity index (χ3v) is 4.77. The smallest absolute Gasteiger partial charge is 0.267 e. The molecule has 0 aliphatic rings. The fraction of sp³-hybridized carbons (Fsp3) is 0.357. The lowest BCUT2D eigenvalue weighted by atomic mass is 10.2. The van der Waals surface area contributed by atoms with E-state index >= 15 is 0 Å². The molecule has 1 aromatic carbocycles. The summed E-state index contributed by atoms with van der Waals surface area (Å²) >= 11 is 8.78. The zero-order valence-corrected chi connectivity index (χ0v) is 14.6. The van der Waals surface area contributed by atoms with E-state index in [0.717, 1.165) is 10.1 Å². The molecule has 5 nitrogen and oxygen atoms in total. The number of carbonyl (C=O) groups excluding carboxylic acids is 1. The minimum absolute atomic E-state index is 0.235. The minimum atomic E-state index is -0.590. The first-order valence-electron chi connectivity index (χ1n) is 6.81. The Morgan fingerprint density at radius 3 is 2.73 bits per heavy atom. The third kappa shape index (κ3) is 4.86. The number of rotatable bonds is 7. The van der Waals surface area contributed by atoms with Crippen molar-refractivity contribution in [2.45, 2.75) is 30.7 Å². The molecule has 1 amide bonds. The van der Waals surface area contributed by atoms with Crippen LogP contribution in [0.4, 0.5) is 5.13 Å². The number of benzene rings is 1. The molecule has 1 aromatic heterocycles. The summed E-state index contributed by atoms with van der Waals surface area (Å²) in [5.74, 6) is 1.28. The molecule has 0 fully saturated rings. The van der Waals surface area contributed by atoms with Crippen LogP contribution in [0, 0.1) is 0 Å². The van der Waals surface area contributed by atoms with Gasteiger partial charge >= 0.3 is 0 Å². The van der Waals surface area contributed by atoms with Gasteiger partial charge in [-0.05, 0) is 36.4 Å². The molecule has 2 aromatic rings. The van der Waals surface area contributed by atoms with Gasteiger partial charge in [0.15, 0.2) is 10.4 Å². The van der Waals surface area contributed by atoms with Crippen molar-refractivity contribution in [1.82, 2.24) is 10.2 Å². The lowest BCUT2D eigenvalue weighted by Gasteiger charge is -2.16. The molecule has 0 aliphatic carbocycles. The number of aromatic nitrogens is 2. The van der Waals surface area contributed by atoms with Crippen LogP contribution in [0.15, 0.2) is 28.6 Å². The van der Waals surface area contributed by atoms with Crippen LogP contribution in [0.3, 0.4) is 0 Å². The molecule has 0 spiro atoms. The summed E-state index contributed by atoms with van der Waals surface area (Å²) in [6.45, 7) is 3.93. The highest BCUT2D eigenvalue weighted by Gasteiger charge is 2.20. The van der Waals surface area contributed by atoms with Crippen molar-refractivity contribution >= 4 is 45.7 Å². The Balaban J connectivity index is 1.97. The molecular weight excluding hydrogens is 342 g/mol. The van der Waals surface area contributed by atoms with Crippen LogP contribution in [0.2, 0.25) is 5.02 Å². The molecule has 0 saturated heterocycles. The van der Waals surface area contributed by atoms with Gasteiger partial charge in [0.2, 0.25) is 5.13 Å². The Morgan fingerprint density at radius 1 is 1.36 bits per heavy atom. The summed E-state index contributed by atoms with van der Waals surface area (Å²) in [7, 11) is 0. The maximum Gasteiger partial charge on any atom is 0.267 e. The lowest BCUT2D eigenvalue weighted by molar-refractivity contribution is -0.122. The molecule has 1 atom stereocenters. The second-order valence-electron chi connectivity index (χ2n) is 4.26. The minimum Gasteiger partial charge on any atom is -0.481 e. The number of carbonyl (C=O) groups is 1. The van der Waals surface area contributed by atoms with Gasteiger partial charge in [-0.2, -0.15) is 0 Å². The van der Waals surface area contributed by atoms with Crippen LogP contribution in [-0.4, -0.2) is 28.0 Å². The topological polar surface area (TPSA) is 64.1 Å². The van der Waals surface area contributed by atoms with Gasteiger partial charge in [-0.15, -0.1) is 10.2 Å². The fourth-order valence-electron chi connectivity index (χ4n) is 1.63. The number of nitrogens with one attached hydrogen (secondary N) is 1. The van der Waals surface area contributed by atoms with Crippen LogP contribution < -0.4 is 10.1 Å². The van der Waals surface area contributed by atoms with E-state index < -0.39 is 6.10 Å². The number of anilines is 1. The molecule has 0 radical (unpaired) electrons. The standard InChI is InChI=1S/C14H16ClN3O2S2/c1-3-11(20-10-7-5-9(15)6-8-10)12(19)16-13-17-18-14(22-13)21-4-2/h5-8,11H,3-4H2,1-2H3,(H,16,17,19)/t11-/m1/s1. The molecule has 118 valence electrons. The van der Waals surface area contributed by atoms with Gasteiger partial charge in [0.25, 0.3) is 5.91 Å². The number of halogens is 1. The summed E-state index contributed by atoms with van der Waals surface area (Å²) in [4.78, 5) is 12.3. The second-order valence-corrected chi connectivity index (χ2v) is 7.19. The lowest BCUT2D eigenvalue weighted by Crippen LogP contribution is -2.32. The first kappa shape index (κ1) is 17.1. The van der Waals surface area contributed by atoms with E-state index in [1.54, 1.807) is 36.0 Å². The molecule has 2 rings (SSSR count). The van der Waals surface area contributed by atoms with Crippen molar-refractivity contribution < 1.29 is 9.53 Å². The molecule has 0 unspecified atom stereocenters. The monoisotopic (exact) mass is 357 g/mol. The number of hydrogen-bond donors (Lipinski definition) is 1. The van der Waals surface area contributed by atoms with Gasteiger partial charge in [0, 0.05) is 5.02 Å². The zero-order chi connectivity index (χ0) is 15.9. The van der Waals surface area contributed by atoms with Crippen LogP contribution in [-0.2, 0) is 4.79 Å². The second kappa shape index (κ2) is 8.36. The van der Waals surface area contributed by atoms with Gasteiger partial charge in [0.1, 0.15) is 5.75 Å². The Hall–Kier alpha value is -1.31. The SMILES string of the molecule is CCSc1nnc(NC(=O)[C@@H](CC)Oc2ccc(Cl)cc2)s1. The molecule has 22 heavy (non-hydrogen) atoms. The van der Waals surface area contributed by atoms with Gasteiger partial charge in [-0.1, -0.05) is 48.5 Å². The molecule has 8 heteroatoms. The predicted molar refractivity (Wildman–Crippen MR) is 91.1 cm³/mol. The number of amides is 1. The number of hydrogen-bond acceptors (Lipinski definition) is 6. The Kier molecular flexibility index (Phi) is 6.48. The van der Waals surface area contributed by atoms with Crippen LogP contribution in [0.25, 0.3) is 0 Å².